The number of benzene rings is 3. The smallest absolute Gasteiger partial charge is 0.337 e. The summed E-state index contributed by atoms with van der Waals surface area (Å²) >= 11 is 3.18. The van der Waals surface area contributed by atoms with Crippen LogP contribution in [0.2, 0.25) is 0 Å². The van der Waals surface area contributed by atoms with Crippen LogP contribution >= 0.6 is 15.9 Å². The second kappa shape index (κ2) is 11.9. The van der Waals surface area contributed by atoms with Crippen molar-refractivity contribution in [1.29, 1.82) is 0 Å². The molecule has 37 heavy (non-hydrogen) atoms. The van der Waals surface area contributed by atoms with Gasteiger partial charge in [0.15, 0.2) is 0 Å². The summed E-state index contributed by atoms with van der Waals surface area (Å²) in [5, 5.41) is 11.9. The number of nitrogens with one attached hydrogen (secondary N) is 3. The number of hydrogen-bond donors (Lipinski definition) is 4. The van der Waals surface area contributed by atoms with E-state index in [2.05, 4.69) is 30.7 Å². The van der Waals surface area contributed by atoms with Gasteiger partial charge in [-0.1, -0.05) is 35.3 Å². The van der Waals surface area contributed by atoms with Crippen LogP contribution in [0.4, 0.5) is 11.4 Å². The number of anilines is 2. The number of sulfonamides is 2. The molecule has 3 rings (SSSR count). The van der Waals surface area contributed by atoms with Gasteiger partial charge in [0.1, 0.15) is 0 Å². The Balaban J connectivity index is 1.75. The molecule has 1 amide bonds. The third-order valence-electron chi connectivity index (χ3n) is 5.11. The quantitative estimate of drug-likeness (QED) is 0.236. The number of hydrogen-bond acceptors (Lipinski definition) is 6. The van der Waals surface area contributed by atoms with Crippen LogP contribution in [0.3, 0.4) is 0 Å². The van der Waals surface area contributed by atoms with Crippen molar-refractivity contribution in [3.05, 3.63) is 82.3 Å². The molecule has 0 heterocycles. The van der Waals surface area contributed by atoms with Crippen LogP contribution in [0, 0.1) is 0 Å². The summed E-state index contributed by atoms with van der Waals surface area (Å²) < 4.78 is 55.9. The van der Waals surface area contributed by atoms with Gasteiger partial charge in [0.25, 0.3) is 15.9 Å². The van der Waals surface area contributed by atoms with E-state index in [0.717, 1.165) is 6.42 Å². The van der Waals surface area contributed by atoms with Crippen molar-refractivity contribution >= 4 is 59.2 Å². The fourth-order valence-electron chi connectivity index (χ4n) is 3.19. The summed E-state index contributed by atoms with van der Waals surface area (Å²) in [5.74, 6) is -1.85. The summed E-state index contributed by atoms with van der Waals surface area (Å²) in [6.45, 7) is 2.20. The fourth-order valence-corrected chi connectivity index (χ4v) is 5.72. The monoisotopic (exact) mass is 609 g/mol. The number of unbranched alkanes of at least 4 members (excludes halogenated alkanes) is 1. The van der Waals surface area contributed by atoms with Gasteiger partial charge in [0, 0.05) is 16.6 Å². The summed E-state index contributed by atoms with van der Waals surface area (Å²) in [5.41, 5.74) is 0.120. The van der Waals surface area contributed by atoms with Crippen LogP contribution in [-0.2, 0) is 20.0 Å². The van der Waals surface area contributed by atoms with Crippen molar-refractivity contribution in [3.63, 3.8) is 0 Å². The molecular weight excluding hydrogens is 586 g/mol. The van der Waals surface area contributed by atoms with E-state index >= 15 is 0 Å². The Labute approximate surface area is 223 Å². The Morgan fingerprint density at radius 3 is 2.24 bits per heavy atom. The standard InChI is InChI=1S/C24H24BrN3O7S2/c1-2-3-13-26-36(32,33)20-6-4-5-18(15-20)28-37(34,35)19-10-7-16(8-11-19)23(29)27-22-12-9-17(25)14-21(22)24(30)31/h4-12,14-15,26,28H,2-3,13H2,1H3,(H,27,29)(H,30,31). The second-order valence-electron chi connectivity index (χ2n) is 7.86. The molecule has 10 nitrogen and oxygen atoms in total. The molecule has 13 heteroatoms. The van der Waals surface area contributed by atoms with Crippen LogP contribution in [0.5, 0.6) is 0 Å². The molecule has 0 spiro atoms. The molecule has 0 aliphatic carbocycles. The van der Waals surface area contributed by atoms with Crippen molar-refractivity contribution in [2.24, 2.45) is 0 Å². The van der Waals surface area contributed by atoms with Gasteiger partial charge in [-0.3, -0.25) is 9.52 Å². The molecule has 0 fully saturated rings. The van der Waals surface area contributed by atoms with Gasteiger partial charge in [0.2, 0.25) is 10.0 Å². The zero-order valence-electron chi connectivity index (χ0n) is 19.6. The van der Waals surface area contributed by atoms with E-state index in [1.165, 1.54) is 60.7 Å². The van der Waals surface area contributed by atoms with Gasteiger partial charge in [-0.15, -0.1) is 0 Å². The number of carbonyl (C=O) groups excluding carboxylic acids is 1. The number of rotatable bonds is 11. The van der Waals surface area contributed by atoms with Gasteiger partial charge < -0.3 is 10.4 Å². The van der Waals surface area contributed by atoms with Crippen LogP contribution in [0.1, 0.15) is 40.5 Å². The minimum atomic E-state index is -4.10. The predicted molar refractivity (Wildman–Crippen MR) is 143 cm³/mol. The Morgan fingerprint density at radius 2 is 1.59 bits per heavy atom. The summed E-state index contributed by atoms with van der Waals surface area (Å²) in [7, 11) is -7.90. The van der Waals surface area contributed by atoms with E-state index in [-0.39, 0.29) is 38.8 Å². The molecule has 0 bridgehead atoms. The Hall–Kier alpha value is -3.26. The first-order valence-electron chi connectivity index (χ1n) is 11.0. The van der Waals surface area contributed by atoms with Crippen molar-refractivity contribution in [2.45, 2.75) is 29.6 Å². The summed E-state index contributed by atoms with van der Waals surface area (Å²) in [6, 6.07) is 14.8. The molecule has 0 saturated heterocycles. The third-order valence-corrected chi connectivity index (χ3v) is 8.46. The highest BCUT2D eigenvalue weighted by Gasteiger charge is 2.19. The summed E-state index contributed by atoms with van der Waals surface area (Å²) in [4.78, 5) is 23.8. The fraction of sp³-hybridized carbons (Fsp3) is 0.167. The SMILES string of the molecule is CCCCNS(=O)(=O)c1cccc(NS(=O)(=O)c2ccc(C(=O)Nc3ccc(Br)cc3C(=O)O)cc2)c1. The highest BCUT2D eigenvalue weighted by molar-refractivity contribution is 9.10. The Morgan fingerprint density at radius 1 is 0.892 bits per heavy atom. The zero-order chi connectivity index (χ0) is 27.2. The summed E-state index contributed by atoms with van der Waals surface area (Å²) in [6.07, 6.45) is 1.49. The highest BCUT2D eigenvalue weighted by Crippen LogP contribution is 2.23. The zero-order valence-corrected chi connectivity index (χ0v) is 22.8. The average Bonchev–Trinajstić information content (AvgIpc) is 2.85. The normalized spacial score (nSPS) is 11.6. The lowest BCUT2D eigenvalue weighted by molar-refractivity contribution is 0.0698. The highest BCUT2D eigenvalue weighted by atomic mass is 79.9. The lowest BCUT2D eigenvalue weighted by Gasteiger charge is -2.12. The molecule has 0 unspecified atom stereocenters. The number of carboxylic acid groups (broad SMARTS) is 1. The van der Waals surface area contributed by atoms with Crippen LogP contribution in [0.15, 0.2) is 81.0 Å². The maximum Gasteiger partial charge on any atom is 0.337 e. The van der Waals surface area contributed by atoms with Crippen molar-refractivity contribution < 1.29 is 31.5 Å². The lowest BCUT2D eigenvalue weighted by Crippen LogP contribution is -2.24. The second-order valence-corrected chi connectivity index (χ2v) is 12.2. The van der Waals surface area contributed by atoms with Gasteiger partial charge in [-0.25, -0.2) is 26.4 Å². The van der Waals surface area contributed by atoms with Crippen LogP contribution in [-0.4, -0.2) is 40.4 Å². The number of halogens is 1. The van der Waals surface area contributed by atoms with E-state index < -0.39 is 31.9 Å². The van der Waals surface area contributed by atoms with E-state index in [1.807, 2.05) is 6.92 Å². The lowest BCUT2D eigenvalue weighted by atomic mass is 10.1. The van der Waals surface area contributed by atoms with Crippen LogP contribution < -0.4 is 14.8 Å². The van der Waals surface area contributed by atoms with Gasteiger partial charge in [-0.05, 0) is 67.1 Å². The van der Waals surface area contributed by atoms with E-state index in [1.54, 1.807) is 6.07 Å². The molecule has 4 N–H and O–H groups in total. The Kier molecular flexibility index (Phi) is 9.07. The maximum absolute atomic E-state index is 12.9. The molecule has 0 aliphatic heterocycles. The van der Waals surface area contributed by atoms with E-state index in [0.29, 0.717) is 10.9 Å². The first kappa shape index (κ1) is 28.3. The van der Waals surface area contributed by atoms with E-state index in [9.17, 15) is 31.5 Å². The Bertz CT molecular complexity index is 1520. The number of carbonyl (C=O) groups is 2. The van der Waals surface area contributed by atoms with Crippen molar-refractivity contribution in [1.82, 2.24) is 4.72 Å². The van der Waals surface area contributed by atoms with Crippen LogP contribution in [0.25, 0.3) is 0 Å². The van der Waals surface area contributed by atoms with E-state index in [4.69, 9.17) is 0 Å². The number of carboxylic acids is 1. The molecule has 0 saturated carbocycles. The third kappa shape index (κ3) is 7.38. The molecular formula is C24H24BrN3O7S2. The topological polar surface area (TPSA) is 159 Å². The number of amides is 1. The molecule has 196 valence electrons. The maximum atomic E-state index is 12.9. The molecule has 3 aromatic rings. The first-order valence-corrected chi connectivity index (χ1v) is 14.8. The first-order chi connectivity index (χ1) is 17.4. The minimum Gasteiger partial charge on any atom is -0.478 e. The van der Waals surface area contributed by atoms with Crippen molar-refractivity contribution in [2.75, 3.05) is 16.6 Å². The molecule has 0 aliphatic rings. The molecule has 0 atom stereocenters. The van der Waals surface area contributed by atoms with Gasteiger partial charge >= 0.3 is 5.97 Å². The van der Waals surface area contributed by atoms with Gasteiger partial charge in [0.05, 0.1) is 26.7 Å². The predicted octanol–water partition coefficient (Wildman–Crippen LogP) is 4.28. The minimum absolute atomic E-state index is 0.0524. The number of aromatic carboxylic acids is 1. The molecule has 3 aromatic carbocycles. The average molecular weight is 611 g/mol. The van der Waals surface area contributed by atoms with Gasteiger partial charge in [-0.2, -0.15) is 0 Å². The van der Waals surface area contributed by atoms with Crippen molar-refractivity contribution in [3.8, 4) is 0 Å². The molecule has 0 aromatic heterocycles. The molecule has 0 radical (unpaired) electrons. The largest absolute Gasteiger partial charge is 0.478 e.